The molecule has 1 aromatic carbocycles. The maximum absolute atomic E-state index is 12.1. The first-order valence-corrected chi connectivity index (χ1v) is 6.11. The van der Waals surface area contributed by atoms with E-state index in [9.17, 15) is 4.79 Å². The standard InChI is InChI=1S/C14H11ClN2O3/c1-9-12(8-16-20-9)14(19)17-13-7-11(15)5-4-10(13)3-2-6-18/h4-5,7-8,18H,6H2,1H3,(H,17,19). The van der Waals surface area contributed by atoms with Crippen LogP contribution in [0.2, 0.25) is 5.02 Å². The van der Waals surface area contributed by atoms with Gasteiger partial charge in [0, 0.05) is 10.6 Å². The highest BCUT2D eigenvalue weighted by Crippen LogP contribution is 2.21. The summed E-state index contributed by atoms with van der Waals surface area (Å²) in [6.45, 7) is 1.38. The first-order chi connectivity index (χ1) is 9.61. The number of hydrogen-bond acceptors (Lipinski definition) is 4. The van der Waals surface area contributed by atoms with Crippen LogP contribution in [0.4, 0.5) is 5.69 Å². The molecule has 1 heterocycles. The molecule has 0 radical (unpaired) electrons. The van der Waals surface area contributed by atoms with E-state index in [4.69, 9.17) is 21.2 Å². The summed E-state index contributed by atoms with van der Waals surface area (Å²) in [5, 5.41) is 15.5. The third-order valence-electron chi connectivity index (χ3n) is 2.53. The molecule has 0 aliphatic carbocycles. The fourth-order valence-electron chi connectivity index (χ4n) is 1.57. The van der Waals surface area contributed by atoms with Crippen molar-refractivity contribution >= 4 is 23.2 Å². The first-order valence-electron chi connectivity index (χ1n) is 5.73. The lowest BCUT2D eigenvalue weighted by molar-refractivity contribution is 0.102. The van der Waals surface area contributed by atoms with Crippen molar-refractivity contribution in [2.45, 2.75) is 6.92 Å². The summed E-state index contributed by atoms with van der Waals surface area (Å²) in [4.78, 5) is 12.1. The van der Waals surface area contributed by atoms with Crippen LogP contribution in [0.3, 0.4) is 0 Å². The number of nitrogens with one attached hydrogen (secondary N) is 1. The molecular formula is C14H11ClN2O3. The number of aromatic nitrogens is 1. The Morgan fingerprint density at radius 2 is 2.35 bits per heavy atom. The molecule has 0 unspecified atom stereocenters. The van der Waals surface area contributed by atoms with Crippen molar-refractivity contribution in [2.24, 2.45) is 0 Å². The average Bonchev–Trinajstić information content (AvgIpc) is 2.84. The van der Waals surface area contributed by atoms with Gasteiger partial charge in [-0.2, -0.15) is 0 Å². The van der Waals surface area contributed by atoms with Gasteiger partial charge in [-0.25, -0.2) is 0 Å². The van der Waals surface area contributed by atoms with E-state index >= 15 is 0 Å². The number of aliphatic hydroxyl groups is 1. The van der Waals surface area contributed by atoms with Crippen LogP contribution in [-0.4, -0.2) is 22.8 Å². The van der Waals surface area contributed by atoms with Gasteiger partial charge in [-0.1, -0.05) is 28.6 Å². The third-order valence-corrected chi connectivity index (χ3v) is 2.76. The van der Waals surface area contributed by atoms with Crippen LogP contribution in [0, 0.1) is 18.8 Å². The van der Waals surface area contributed by atoms with Crippen LogP contribution in [-0.2, 0) is 0 Å². The number of halogens is 1. The average molecular weight is 291 g/mol. The monoisotopic (exact) mass is 290 g/mol. The highest BCUT2D eigenvalue weighted by Gasteiger charge is 2.14. The van der Waals surface area contributed by atoms with Gasteiger partial charge in [0.25, 0.3) is 5.91 Å². The number of carbonyl (C=O) groups is 1. The molecule has 102 valence electrons. The van der Waals surface area contributed by atoms with Crippen molar-refractivity contribution < 1.29 is 14.4 Å². The zero-order chi connectivity index (χ0) is 14.5. The Hall–Kier alpha value is -2.29. The second-order valence-electron chi connectivity index (χ2n) is 3.90. The molecule has 0 fully saturated rings. The van der Waals surface area contributed by atoms with Crippen LogP contribution in [0.1, 0.15) is 21.7 Å². The van der Waals surface area contributed by atoms with Crippen molar-refractivity contribution in [3.8, 4) is 11.8 Å². The summed E-state index contributed by atoms with van der Waals surface area (Å²) < 4.78 is 4.84. The number of rotatable bonds is 2. The molecule has 2 aromatic rings. The van der Waals surface area contributed by atoms with Crippen LogP contribution in [0.15, 0.2) is 28.9 Å². The molecule has 20 heavy (non-hydrogen) atoms. The van der Waals surface area contributed by atoms with Crippen molar-refractivity contribution in [1.82, 2.24) is 5.16 Å². The van der Waals surface area contributed by atoms with Gasteiger partial charge in [-0.05, 0) is 25.1 Å². The quantitative estimate of drug-likeness (QED) is 0.832. The zero-order valence-electron chi connectivity index (χ0n) is 10.6. The highest BCUT2D eigenvalue weighted by molar-refractivity contribution is 6.31. The molecule has 0 aliphatic rings. The Morgan fingerprint density at radius 3 is 3.00 bits per heavy atom. The molecular weight excluding hydrogens is 280 g/mol. The largest absolute Gasteiger partial charge is 0.384 e. The molecule has 2 N–H and O–H groups in total. The van der Waals surface area contributed by atoms with E-state index < -0.39 is 0 Å². The Morgan fingerprint density at radius 1 is 1.55 bits per heavy atom. The van der Waals surface area contributed by atoms with E-state index in [0.29, 0.717) is 27.6 Å². The van der Waals surface area contributed by atoms with Crippen molar-refractivity contribution in [2.75, 3.05) is 11.9 Å². The van der Waals surface area contributed by atoms with Gasteiger partial charge < -0.3 is 14.9 Å². The molecule has 0 saturated heterocycles. The smallest absolute Gasteiger partial charge is 0.260 e. The lowest BCUT2D eigenvalue weighted by atomic mass is 10.1. The highest BCUT2D eigenvalue weighted by atomic mass is 35.5. The normalized spacial score (nSPS) is 9.75. The number of aryl methyl sites for hydroxylation is 1. The molecule has 1 aromatic heterocycles. The first kappa shape index (κ1) is 14.1. The van der Waals surface area contributed by atoms with E-state index in [1.54, 1.807) is 25.1 Å². The Kier molecular flexibility index (Phi) is 4.41. The van der Waals surface area contributed by atoms with Gasteiger partial charge in [0.15, 0.2) is 0 Å². The summed E-state index contributed by atoms with van der Waals surface area (Å²) in [6.07, 6.45) is 1.34. The van der Waals surface area contributed by atoms with E-state index in [0.717, 1.165) is 0 Å². The van der Waals surface area contributed by atoms with Crippen LogP contribution >= 0.6 is 11.6 Å². The second-order valence-corrected chi connectivity index (χ2v) is 4.34. The molecule has 0 spiro atoms. The molecule has 0 aliphatic heterocycles. The number of carbonyl (C=O) groups excluding carboxylic acids is 1. The lowest BCUT2D eigenvalue weighted by Gasteiger charge is -2.07. The number of anilines is 1. The van der Waals surface area contributed by atoms with Crippen LogP contribution in [0.5, 0.6) is 0 Å². The van der Waals surface area contributed by atoms with E-state index in [1.165, 1.54) is 6.20 Å². The Balaban J connectivity index is 2.31. The molecule has 1 amide bonds. The number of benzene rings is 1. The summed E-state index contributed by atoms with van der Waals surface area (Å²) in [5.41, 5.74) is 1.36. The molecule has 0 bridgehead atoms. The molecule has 2 rings (SSSR count). The number of amides is 1. The maximum Gasteiger partial charge on any atom is 0.260 e. The Bertz CT molecular complexity index is 698. The molecule has 5 nitrogen and oxygen atoms in total. The SMILES string of the molecule is Cc1oncc1C(=O)Nc1cc(Cl)ccc1C#CCO. The minimum Gasteiger partial charge on any atom is -0.384 e. The fraction of sp³-hybridized carbons (Fsp3) is 0.143. The summed E-state index contributed by atoms with van der Waals surface area (Å²) in [6, 6.07) is 4.91. The zero-order valence-corrected chi connectivity index (χ0v) is 11.4. The number of hydrogen-bond donors (Lipinski definition) is 2. The minimum absolute atomic E-state index is 0.263. The van der Waals surface area contributed by atoms with Gasteiger partial charge in [0.2, 0.25) is 0 Å². The van der Waals surface area contributed by atoms with E-state index in [-0.39, 0.29) is 12.5 Å². The lowest BCUT2D eigenvalue weighted by Crippen LogP contribution is -2.13. The Labute approximate surface area is 120 Å². The molecule has 6 heteroatoms. The van der Waals surface area contributed by atoms with Crippen LogP contribution in [0.25, 0.3) is 0 Å². The van der Waals surface area contributed by atoms with Gasteiger partial charge in [-0.15, -0.1) is 0 Å². The summed E-state index contributed by atoms with van der Waals surface area (Å²) in [5.74, 6) is 5.33. The van der Waals surface area contributed by atoms with Gasteiger partial charge in [0.1, 0.15) is 17.9 Å². The summed E-state index contributed by atoms with van der Waals surface area (Å²) in [7, 11) is 0. The minimum atomic E-state index is -0.363. The summed E-state index contributed by atoms with van der Waals surface area (Å²) >= 11 is 5.91. The number of nitrogens with zero attached hydrogens (tertiary/aromatic N) is 1. The number of aliphatic hydroxyl groups excluding tert-OH is 1. The fourth-order valence-corrected chi connectivity index (χ4v) is 1.74. The third kappa shape index (κ3) is 3.18. The molecule has 0 saturated carbocycles. The predicted molar refractivity (Wildman–Crippen MR) is 74.6 cm³/mol. The molecule has 0 atom stereocenters. The van der Waals surface area contributed by atoms with Gasteiger partial charge in [0.05, 0.1) is 11.9 Å². The van der Waals surface area contributed by atoms with Crippen molar-refractivity contribution in [3.63, 3.8) is 0 Å². The van der Waals surface area contributed by atoms with Gasteiger partial charge in [-0.3, -0.25) is 4.79 Å². The van der Waals surface area contributed by atoms with Crippen molar-refractivity contribution in [1.29, 1.82) is 0 Å². The topological polar surface area (TPSA) is 75.4 Å². The second kappa shape index (κ2) is 6.24. The van der Waals surface area contributed by atoms with E-state index in [2.05, 4.69) is 22.3 Å². The van der Waals surface area contributed by atoms with Gasteiger partial charge >= 0.3 is 0 Å². The van der Waals surface area contributed by atoms with Crippen molar-refractivity contribution in [3.05, 3.63) is 46.3 Å². The predicted octanol–water partition coefficient (Wildman–Crippen LogP) is 2.23. The maximum atomic E-state index is 12.1. The van der Waals surface area contributed by atoms with Crippen LogP contribution < -0.4 is 5.32 Å². The van der Waals surface area contributed by atoms with E-state index in [1.807, 2.05) is 0 Å².